The van der Waals surface area contributed by atoms with Crippen LogP contribution in [0.1, 0.15) is 10.4 Å². The quantitative estimate of drug-likeness (QED) is 0.855. The van der Waals surface area contributed by atoms with Crippen molar-refractivity contribution in [1.29, 1.82) is 0 Å². The molecule has 0 radical (unpaired) electrons. The molecule has 1 fully saturated rings. The van der Waals surface area contributed by atoms with Gasteiger partial charge < -0.3 is 20.1 Å². The zero-order valence-electron chi connectivity index (χ0n) is 11.5. The Balaban J connectivity index is 2.10. The summed E-state index contributed by atoms with van der Waals surface area (Å²) in [5.74, 6) is -1.22. The number of aromatic carboxylic acids is 1. The lowest BCUT2D eigenvalue weighted by Gasteiger charge is -2.22. The number of carbonyl (C=O) groups is 2. The molecule has 1 heterocycles. The Bertz CT molecular complexity index is 516. The van der Waals surface area contributed by atoms with Crippen molar-refractivity contribution < 1.29 is 19.4 Å². The molecule has 0 unspecified atom stereocenters. The third-order valence-electron chi connectivity index (χ3n) is 3.30. The fourth-order valence-corrected chi connectivity index (χ4v) is 2.23. The molecule has 20 heavy (non-hydrogen) atoms. The fourth-order valence-electron chi connectivity index (χ4n) is 2.23. The van der Waals surface area contributed by atoms with E-state index in [1.807, 2.05) is 0 Å². The highest BCUT2D eigenvalue weighted by Crippen LogP contribution is 2.21. The van der Waals surface area contributed by atoms with Crippen LogP contribution in [0.15, 0.2) is 24.3 Å². The maximum absolute atomic E-state index is 12.0. The number of rotatable bonds is 4. The molecular weight excluding hydrogens is 260 g/mol. The van der Waals surface area contributed by atoms with E-state index in [0.29, 0.717) is 18.9 Å². The summed E-state index contributed by atoms with van der Waals surface area (Å²) in [6.45, 7) is 0.814. The molecule has 1 aromatic carbocycles. The summed E-state index contributed by atoms with van der Waals surface area (Å²) >= 11 is 0. The minimum atomic E-state index is -0.975. The third kappa shape index (κ3) is 3.08. The van der Waals surface area contributed by atoms with Gasteiger partial charge in [-0.15, -0.1) is 0 Å². The van der Waals surface area contributed by atoms with Gasteiger partial charge >= 0.3 is 5.97 Å². The number of hydrogen-bond donors (Lipinski definition) is 2. The van der Waals surface area contributed by atoms with Gasteiger partial charge in [0.2, 0.25) is 5.91 Å². The molecule has 0 aliphatic carbocycles. The largest absolute Gasteiger partial charge is 0.478 e. The van der Waals surface area contributed by atoms with Gasteiger partial charge in [-0.1, -0.05) is 6.07 Å². The number of nitrogens with one attached hydrogen (secondary N) is 1. The average molecular weight is 278 g/mol. The Morgan fingerprint density at radius 3 is 2.75 bits per heavy atom. The fraction of sp³-hybridized carbons (Fsp3) is 0.429. The highest BCUT2D eigenvalue weighted by Gasteiger charge is 2.34. The van der Waals surface area contributed by atoms with Crippen LogP contribution >= 0.6 is 0 Å². The van der Waals surface area contributed by atoms with Gasteiger partial charge in [-0.25, -0.2) is 4.79 Å². The number of anilines is 1. The Morgan fingerprint density at radius 2 is 2.10 bits per heavy atom. The second-order valence-corrected chi connectivity index (χ2v) is 5.01. The number of carbonyl (C=O) groups excluding carboxylic acids is 1. The molecule has 0 spiro atoms. The van der Waals surface area contributed by atoms with Crippen LogP contribution in [0.5, 0.6) is 0 Å². The van der Waals surface area contributed by atoms with E-state index in [4.69, 9.17) is 9.84 Å². The predicted octanol–water partition coefficient (Wildman–Crippen LogP) is 0.900. The van der Waals surface area contributed by atoms with Gasteiger partial charge in [0.25, 0.3) is 0 Å². The topological polar surface area (TPSA) is 78.9 Å². The molecule has 1 aliphatic rings. The smallest absolute Gasteiger partial charge is 0.335 e. The van der Waals surface area contributed by atoms with Crippen molar-refractivity contribution >= 4 is 17.6 Å². The van der Waals surface area contributed by atoms with Crippen molar-refractivity contribution in [3.05, 3.63) is 29.8 Å². The molecule has 0 saturated carbocycles. The van der Waals surface area contributed by atoms with Crippen molar-refractivity contribution in [2.75, 3.05) is 32.6 Å². The highest BCUT2D eigenvalue weighted by molar-refractivity contribution is 5.88. The SMILES string of the molecule is CN(C)C(=O)[C@@H]1COC[C@@H]1Nc1cccc(C(=O)O)c1. The van der Waals surface area contributed by atoms with Crippen LogP contribution in [0.4, 0.5) is 5.69 Å². The molecule has 6 nitrogen and oxygen atoms in total. The molecule has 108 valence electrons. The van der Waals surface area contributed by atoms with Gasteiger partial charge in [-0.2, -0.15) is 0 Å². The third-order valence-corrected chi connectivity index (χ3v) is 3.30. The summed E-state index contributed by atoms with van der Waals surface area (Å²) in [7, 11) is 3.42. The first-order valence-electron chi connectivity index (χ1n) is 6.38. The molecular formula is C14H18N2O4. The number of hydrogen-bond acceptors (Lipinski definition) is 4. The first kappa shape index (κ1) is 14.3. The maximum Gasteiger partial charge on any atom is 0.335 e. The van der Waals surface area contributed by atoms with E-state index in [2.05, 4.69) is 5.32 Å². The number of nitrogens with zero attached hydrogens (tertiary/aromatic N) is 1. The van der Waals surface area contributed by atoms with Crippen molar-refractivity contribution in [1.82, 2.24) is 4.90 Å². The van der Waals surface area contributed by atoms with Crippen molar-refractivity contribution in [3.63, 3.8) is 0 Å². The Hall–Kier alpha value is -2.08. The Morgan fingerprint density at radius 1 is 1.35 bits per heavy atom. The van der Waals surface area contributed by atoms with E-state index in [0.717, 1.165) is 0 Å². The number of carboxylic acid groups (broad SMARTS) is 1. The van der Waals surface area contributed by atoms with Crippen molar-refractivity contribution in [2.45, 2.75) is 6.04 Å². The predicted molar refractivity (Wildman–Crippen MR) is 73.8 cm³/mol. The van der Waals surface area contributed by atoms with Gasteiger partial charge in [-0.3, -0.25) is 4.79 Å². The van der Waals surface area contributed by atoms with Crippen LogP contribution in [-0.4, -0.2) is 55.2 Å². The molecule has 6 heteroatoms. The van der Waals surface area contributed by atoms with Crippen LogP contribution in [0.2, 0.25) is 0 Å². The maximum atomic E-state index is 12.0. The summed E-state index contributed by atoms with van der Waals surface area (Å²) in [5.41, 5.74) is 0.890. The number of ether oxygens (including phenoxy) is 1. The standard InChI is InChI=1S/C14H18N2O4/c1-16(2)13(17)11-7-20-8-12(11)15-10-5-3-4-9(6-10)14(18)19/h3-6,11-12,15H,7-8H2,1-2H3,(H,18,19)/t11-,12+/m1/s1. The van der Waals surface area contributed by atoms with Crippen LogP contribution < -0.4 is 5.32 Å². The second-order valence-electron chi connectivity index (χ2n) is 5.01. The molecule has 2 rings (SSSR count). The van der Waals surface area contributed by atoms with Crippen molar-refractivity contribution in [2.24, 2.45) is 5.92 Å². The van der Waals surface area contributed by atoms with E-state index < -0.39 is 5.97 Å². The van der Waals surface area contributed by atoms with Gasteiger partial charge in [0.1, 0.15) is 0 Å². The molecule has 1 amide bonds. The Labute approximate surface area is 117 Å². The van der Waals surface area contributed by atoms with Crippen molar-refractivity contribution in [3.8, 4) is 0 Å². The summed E-state index contributed by atoms with van der Waals surface area (Å²) in [4.78, 5) is 24.5. The Kier molecular flexibility index (Phi) is 4.24. The minimum absolute atomic E-state index is 0.00869. The van der Waals surface area contributed by atoms with Crippen LogP contribution in [0, 0.1) is 5.92 Å². The lowest BCUT2D eigenvalue weighted by atomic mass is 10.0. The van der Waals surface area contributed by atoms with Gasteiger partial charge in [0.05, 0.1) is 30.7 Å². The molecule has 1 saturated heterocycles. The summed E-state index contributed by atoms with van der Waals surface area (Å²) in [5, 5.41) is 12.2. The summed E-state index contributed by atoms with van der Waals surface area (Å²) < 4.78 is 5.36. The van der Waals surface area contributed by atoms with E-state index in [1.165, 1.54) is 6.07 Å². The molecule has 1 aromatic rings. The zero-order chi connectivity index (χ0) is 14.7. The minimum Gasteiger partial charge on any atom is -0.478 e. The van der Waals surface area contributed by atoms with Crippen LogP contribution in [0.3, 0.4) is 0 Å². The van der Waals surface area contributed by atoms with E-state index in [-0.39, 0.29) is 23.4 Å². The molecule has 2 N–H and O–H groups in total. The number of amides is 1. The first-order chi connectivity index (χ1) is 9.49. The first-order valence-corrected chi connectivity index (χ1v) is 6.38. The molecule has 0 bridgehead atoms. The monoisotopic (exact) mass is 278 g/mol. The lowest BCUT2D eigenvalue weighted by molar-refractivity contribution is -0.133. The van der Waals surface area contributed by atoms with E-state index in [9.17, 15) is 9.59 Å². The number of carboxylic acids is 1. The summed E-state index contributed by atoms with van der Waals surface area (Å²) in [6.07, 6.45) is 0. The second kappa shape index (κ2) is 5.92. The normalized spacial score (nSPS) is 21.5. The lowest BCUT2D eigenvalue weighted by Crippen LogP contribution is -2.39. The highest BCUT2D eigenvalue weighted by atomic mass is 16.5. The van der Waals surface area contributed by atoms with Gasteiger partial charge in [-0.05, 0) is 18.2 Å². The zero-order valence-corrected chi connectivity index (χ0v) is 11.5. The molecule has 2 atom stereocenters. The molecule has 1 aliphatic heterocycles. The van der Waals surface area contributed by atoms with Crippen LogP contribution in [-0.2, 0) is 9.53 Å². The number of benzene rings is 1. The van der Waals surface area contributed by atoms with Gasteiger partial charge in [0.15, 0.2) is 0 Å². The average Bonchev–Trinajstić information content (AvgIpc) is 2.86. The van der Waals surface area contributed by atoms with E-state index >= 15 is 0 Å². The van der Waals surface area contributed by atoms with Gasteiger partial charge in [0, 0.05) is 19.8 Å². The van der Waals surface area contributed by atoms with E-state index in [1.54, 1.807) is 37.2 Å². The van der Waals surface area contributed by atoms with Crippen LogP contribution in [0.25, 0.3) is 0 Å². The summed E-state index contributed by atoms with van der Waals surface area (Å²) in [6, 6.07) is 6.39. The molecule has 0 aromatic heterocycles.